The molecule has 0 aliphatic heterocycles. The zero-order valence-electron chi connectivity index (χ0n) is 10.1. The highest BCUT2D eigenvalue weighted by Gasteiger charge is 2.41. The lowest BCUT2D eigenvalue weighted by molar-refractivity contribution is -0.146. The molecule has 1 saturated carbocycles. The Balaban J connectivity index is 1.93. The standard InChI is InChI=1S/C11H16N4O3/c1-6-2-7(8(3-6)11(17)18)10(16)12-4-9-13-5-14-15-9/h5-8H,2-4H2,1H3,(H,12,16)(H,17,18)(H,13,14,15)/t6?,7-,8+/m0/s1. The van der Waals surface area contributed by atoms with E-state index in [4.69, 9.17) is 5.11 Å². The summed E-state index contributed by atoms with van der Waals surface area (Å²) < 4.78 is 0. The summed E-state index contributed by atoms with van der Waals surface area (Å²) in [4.78, 5) is 26.9. The zero-order chi connectivity index (χ0) is 13.1. The van der Waals surface area contributed by atoms with Crippen LogP contribution in [0.25, 0.3) is 0 Å². The third-order valence-corrected chi connectivity index (χ3v) is 3.35. The molecule has 1 unspecified atom stereocenters. The molecular formula is C11H16N4O3. The Labute approximate surface area is 104 Å². The Kier molecular flexibility index (Phi) is 3.59. The second-order valence-electron chi connectivity index (χ2n) is 4.78. The molecule has 0 bridgehead atoms. The normalized spacial score (nSPS) is 27.1. The number of amides is 1. The molecule has 0 radical (unpaired) electrons. The van der Waals surface area contributed by atoms with Crippen LogP contribution in [0.3, 0.4) is 0 Å². The van der Waals surface area contributed by atoms with Crippen molar-refractivity contribution in [2.75, 3.05) is 0 Å². The summed E-state index contributed by atoms with van der Waals surface area (Å²) in [5.74, 6) is -1.30. The van der Waals surface area contributed by atoms with E-state index in [9.17, 15) is 9.59 Å². The van der Waals surface area contributed by atoms with Gasteiger partial charge in [-0.1, -0.05) is 6.92 Å². The number of carboxylic acid groups (broad SMARTS) is 1. The summed E-state index contributed by atoms with van der Waals surface area (Å²) in [5.41, 5.74) is 0. The van der Waals surface area contributed by atoms with Crippen LogP contribution >= 0.6 is 0 Å². The Bertz CT molecular complexity index is 432. The highest BCUT2D eigenvalue weighted by Crippen LogP contribution is 2.36. The first-order valence-electron chi connectivity index (χ1n) is 5.92. The van der Waals surface area contributed by atoms with Crippen LogP contribution in [-0.4, -0.2) is 32.2 Å². The van der Waals surface area contributed by atoms with Crippen LogP contribution in [-0.2, 0) is 16.1 Å². The molecule has 7 nitrogen and oxygen atoms in total. The quantitative estimate of drug-likeness (QED) is 0.707. The number of H-pyrrole nitrogens is 1. The first kappa shape index (κ1) is 12.5. The molecule has 7 heteroatoms. The topological polar surface area (TPSA) is 108 Å². The van der Waals surface area contributed by atoms with Crippen molar-refractivity contribution in [2.24, 2.45) is 17.8 Å². The van der Waals surface area contributed by atoms with E-state index in [-0.39, 0.29) is 18.4 Å². The molecule has 0 aromatic carbocycles. The molecule has 18 heavy (non-hydrogen) atoms. The maximum atomic E-state index is 12.0. The van der Waals surface area contributed by atoms with Gasteiger partial charge in [0.05, 0.1) is 18.4 Å². The number of nitrogens with one attached hydrogen (secondary N) is 2. The Morgan fingerprint density at radius 3 is 2.83 bits per heavy atom. The number of carbonyl (C=O) groups is 2. The van der Waals surface area contributed by atoms with Gasteiger partial charge >= 0.3 is 5.97 Å². The molecular weight excluding hydrogens is 236 g/mol. The van der Waals surface area contributed by atoms with Crippen LogP contribution in [0.2, 0.25) is 0 Å². The molecule has 1 fully saturated rings. The molecule has 0 saturated heterocycles. The number of hydrogen-bond acceptors (Lipinski definition) is 4. The molecule has 0 spiro atoms. The highest BCUT2D eigenvalue weighted by atomic mass is 16.4. The van der Waals surface area contributed by atoms with Crippen molar-refractivity contribution >= 4 is 11.9 Å². The van der Waals surface area contributed by atoms with Crippen molar-refractivity contribution < 1.29 is 14.7 Å². The van der Waals surface area contributed by atoms with Gasteiger partial charge in [-0.05, 0) is 18.8 Å². The monoisotopic (exact) mass is 252 g/mol. The van der Waals surface area contributed by atoms with Gasteiger partial charge in [0.1, 0.15) is 12.2 Å². The molecule has 1 aromatic rings. The molecule has 98 valence electrons. The van der Waals surface area contributed by atoms with E-state index in [2.05, 4.69) is 20.5 Å². The van der Waals surface area contributed by atoms with Crippen molar-refractivity contribution in [1.82, 2.24) is 20.5 Å². The molecule has 1 aliphatic rings. The van der Waals surface area contributed by atoms with Crippen molar-refractivity contribution in [2.45, 2.75) is 26.3 Å². The highest BCUT2D eigenvalue weighted by molar-refractivity contribution is 5.85. The summed E-state index contributed by atoms with van der Waals surface area (Å²) in [6.45, 7) is 2.22. The van der Waals surface area contributed by atoms with Gasteiger partial charge < -0.3 is 10.4 Å². The summed E-state index contributed by atoms with van der Waals surface area (Å²) in [6, 6.07) is 0. The second-order valence-corrected chi connectivity index (χ2v) is 4.78. The van der Waals surface area contributed by atoms with Gasteiger partial charge in [-0.3, -0.25) is 14.7 Å². The van der Waals surface area contributed by atoms with Crippen molar-refractivity contribution in [3.8, 4) is 0 Å². The van der Waals surface area contributed by atoms with Crippen LogP contribution < -0.4 is 5.32 Å². The first-order valence-corrected chi connectivity index (χ1v) is 5.92. The lowest BCUT2D eigenvalue weighted by Crippen LogP contribution is -2.35. The number of aromatic amines is 1. The third-order valence-electron chi connectivity index (χ3n) is 3.35. The van der Waals surface area contributed by atoms with Gasteiger partial charge in [0.25, 0.3) is 0 Å². The van der Waals surface area contributed by atoms with Crippen molar-refractivity contribution in [3.05, 3.63) is 12.2 Å². The average molecular weight is 252 g/mol. The predicted octanol–water partition coefficient (Wildman–Crippen LogP) is 0.168. The summed E-state index contributed by atoms with van der Waals surface area (Å²) in [6.07, 6.45) is 2.55. The molecule has 3 atom stereocenters. The largest absolute Gasteiger partial charge is 0.481 e. The molecule has 1 aromatic heterocycles. The Morgan fingerprint density at radius 2 is 2.22 bits per heavy atom. The van der Waals surface area contributed by atoms with Crippen LogP contribution in [0.15, 0.2) is 6.33 Å². The van der Waals surface area contributed by atoms with E-state index >= 15 is 0 Å². The Hall–Kier alpha value is -1.92. The minimum absolute atomic E-state index is 0.219. The molecule has 2 rings (SSSR count). The smallest absolute Gasteiger partial charge is 0.307 e. The lowest BCUT2D eigenvalue weighted by atomic mass is 9.95. The second kappa shape index (κ2) is 5.16. The molecule has 1 amide bonds. The minimum Gasteiger partial charge on any atom is -0.481 e. The fraction of sp³-hybridized carbons (Fsp3) is 0.636. The number of aliphatic carboxylic acids is 1. The van der Waals surface area contributed by atoms with Gasteiger partial charge in [0.15, 0.2) is 0 Å². The third kappa shape index (κ3) is 2.66. The number of nitrogens with zero attached hydrogens (tertiary/aromatic N) is 2. The van der Waals surface area contributed by atoms with Crippen LogP contribution in [0.1, 0.15) is 25.6 Å². The fourth-order valence-corrected chi connectivity index (χ4v) is 2.47. The SMILES string of the molecule is CC1C[C@H](C(=O)NCc2ncn[nH]2)[C@H](C(=O)O)C1. The fourth-order valence-electron chi connectivity index (χ4n) is 2.47. The van der Waals surface area contributed by atoms with E-state index in [1.54, 1.807) is 0 Å². The molecule has 3 N–H and O–H groups in total. The van der Waals surface area contributed by atoms with E-state index in [0.717, 1.165) is 0 Å². The lowest BCUT2D eigenvalue weighted by Gasteiger charge is -2.14. The Morgan fingerprint density at radius 1 is 1.50 bits per heavy atom. The first-order chi connectivity index (χ1) is 8.58. The van der Waals surface area contributed by atoms with E-state index in [1.165, 1.54) is 6.33 Å². The number of rotatable bonds is 4. The van der Waals surface area contributed by atoms with Gasteiger partial charge in [-0.25, -0.2) is 4.98 Å². The summed E-state index contributed by atoms with van der Waals surface area (Å²) in [5, 5.41) is 18.1. The molecule has 1 aliphatic carbocycles. The van der Waals surface area contributed by atoms with E-state index < -0.39 is 17.8 Å². The average Bonchev–Trinajstić information content (AvgIpc) is 2.94. The maximum absolute atomic E-state index is 12.0. The van der Waals surface area contributed by atoms with Crippen molar-refractivity contribution in [3.63, 3.8) is 0 Å². The predicted molar refractivity (Wildman–Crippen MR) is 61.2 cm³/mol. The number of hydrogen-bond donors (Lipinski definition) is 3. The van der Waals surface area contributed by atoms with Gasteiger partial charge in [-0.2, -0.15) is 5.10 Å². The van der Waals surface area contributed by atoms with E-state index in [0.29, 0.717) is 18.7 Å². The van der Waals surface area contributed by atoms with Crippen molar-refractivity contribution in [1.29, 1.82) is 0 Å². The number of carbonyl (C=O) groups excluding carboxylic acids is 1. The number of carboxylic acids is 1. The number of aromatic nitrogens is 3. The van der Waals surface area contributed by atoms with Crippen LogP contribution in [0, 0.1) is 17.8 Å². The van der Waals surface area contributed by atoms with Crippen LogP contribution in [0.4, 0.5) is 0 Å². The maximum Gasteiger partial charge on any atom is 0.307 e. The summed E-state index contributed by atoms with van der Waals surface area (Å²) in [7, 11) is 0. The van der Waals surface area contributed by atoms with Gasteiger partial charge in [0.2, 0.25) is 5.91 Å². The van der Waals surface area contributed by atoms with Crippen LogP contribution in [0.5, 0.6) is 0 Å². The van der Waals surface area contributed by atoms with Gasteiger partial charge in [-0.15, -0.1) is 0 Å². The van der Waals surface area contributed by atoms with E-state index in [1.807, 2.05) is 6.92 Å². The minimum atomic E-state index is -0.890. The van der Waals surface area contributed by atoms with Gasteiger partial charge in [0, 0.05) is 0 Å². The zero-order valence-corrected chi connectivity index (χ0v) is 10.1. The summed E-state index contributed by atoms with van der Waals surface area (Å²) >= 11 is 0. The molecule has 1 heterocycles.